The summed E-state index contributed by atoms with van der Waals surface area (Å²) in [6, 6.07) is 2.20. The van der Waals surface area contributed by atoms with Crippen LogP contribution in [0.15, 0.2) is 23.3 Å². The molecular weight excluding hydrogens is 582 g/mol. The highest BCUT2D eigenvalue weighted by Crippen LogP contribution is 2.67. The van der Waals surface area contributed by atoms with Crippen LogP contribution in [0.4, 0.5) is 0 Å². The lowest BCUT2D eigenvalue weighted by atomic mass is 9.42. The van der Waals surface area contributed by atoms with Gasteiger partial charge in [0.2, 0.25) is 0 Å². The summed E-state index contributed by atoms with van der Waals surface area (Å²) in [5, 5.41) is 9.99. The topological polar surface area (TPSA) is 84.2 Å². The molecule has 3 aliphatic carbocycles. The highest BCUT2D eigenvalue weighted by atomic mass is 16.5. The molecule has 2 saturated carbocycles. The largest absolute Gasteiger partial charge is 0.462 e. The van der Waals surface area contributed by atoms with Crippen LogP contribution in [0.1, 0.15) is 172 Å². The Hall–Kier alpha value is -2.22. The zero-order valence-corrected chi connectivity index (χ0v) is 32.0. The van der Waals surface area contributed by atoms with E-state index in [4.69, 9.17) is 4.74 Å². The molecule has 3 rings (SSSR count). The zero-order chi connectivity index (χ0) is 35.5. The minimum atomic E-state index is -0.688. The summed E-state index contributed by atoms with van der Waals surface area (Å²) >= 11 is 0. The van der Waals surface area contributed by atoms with Gasteiger partial charge in [-0.1, -0.05) is 93.7 Å². The fourth-order valence-electron chi connectivity index (χ4n) is 9.65. The van der Waals surface area contributed by atoms with Crippen LogP contribution < -0.4 is 0 Å². The molecule has 47 heavy (non-hydrogen) atoms. The molecule has 0 aromatic rings. The van der Waals surface area contributed by atoms with Gasteiger partial charge in [0.1, 0.15) is 12.2 Å². The van der Waals surface area contributed by atoms with Gasteiger partial charge in [0.05, 0.1) is 5.57 Å². The number of esters is 1. The number of fused-ring (bicyclic) bond motifs is 1. The summed E-state index contributed by atoms with van der Waals surface area (Å²) in [4.78, 5) is 39.3. The number of ether oxygens (including phenoxy) is 1. The van der Waals surface area contributed by atoms with Gasteiger partial charge in [0, 0.05) is 17.3 Å². The van der Waals surface area contributed by atoms with Gasteiger partial charge in [-0.25, -0.2) is 0 Å². The van der Waals surface area contributed by atoms with Crippen molar-refractivity contribution >= 4 is 17.5 Å². The van der Waals surface area contributed by atoms with E-state index < -0.39 is 10.8 Å². The molecule has 0 spiro atoms. The molecule has 0 bridgehead atoms. The highest BCUT2D eigenvalue weighted by Gasteiger charge is 2.61. The van der Waals surface area contributed by atoms with Gasteiger partial charge in [-0.2, -0.15) is 5.26 Å². The Balaban J connectivity index is 1.92. The second-order valence-electron chi connectivity index (χ2n) is 18.5. The van der Waals surface area contributed by atoms with Gasteiger partial charge in [-0.15, -0.1) is 0 Å². The van der Waals surface area contributed by atoms with Crippen LogP contribution in [0.2, 0.25) is 0 Å². The van der Waals surface area contributed by atoms with E-state index in [1.165, 1.54) is 12.8 Å². The van der Waals surface area contributed by atoms with Crippen molar-refractivity contribution in [3.05, 3.63) is 23.3 Å². The van der Waals surface area contributed by atoms with Crippen molar-refractivity contribution < 1.29 is 19.1 Å². The van der Waals surface area contributed by atoms with E-state index in [1.54, 1.807) is 6.92 Å². The molecule has 264 valence electrons. The van der Waals surface area contributed by atoms with E-state index >= 15 is 0 Å². The normalized spacial score (nSPS) is 29.0. The van der Waals surface area contributed by atoms with Gasteiger partial charge in [-0.05, 0) is 118 Å². The molecule has 0 aromatic heterocycles. The Labute approximate surface area is 287 Å². The molecule has 5 nitrogen and oxygen atoms in total. The maximum Gasteiger partial charge on any atom is 0.306 e. The molecule has 0 aromatic carbocycles. The Morgan fingerprint density at radius 1 is 0.936 bits per heavy atom. The van der Waals surface area contributed by atoms with Crippen molar-refractivity contribution in [1.82, 2.24) is 0 Å². The molecule has 5 heteroatoms. The number of hydrogen-bond acceptors (Lipinski definition) is 5. The Bertz CT molecular complexity index is 1270. The van der Waals surface area contributed by atoms with Crippen LogP contribution in [0, 0.1) is 49.7 Å². The first-order chi connectivity index (χ1) is 21.7. The van der Waals surface area contributed by atoms with Gasteiger partial charge in [0.25, 0.3) is 0 Å². The summed E-state index contributed by atoms with van der Waals surface area (Å²) in [5.74, 6) is -0.119. The zero-order valence-electron chi connectivity index (χ0n) is 32.0. The molecule has 0 heterocycles. The number of hydrogen-bond donors (Lipinski definition) is 0. The number of nitriles is 1. The van der Waals surface area contributed by atoms with Crippen molar-refractivity contribution in [2.45, 2.75) is 179 Å². The maximum absolute atomic E-state index is 13.4. The van der Waals surface area contributed by atoms with Crippen LogP contribution >= 0.6 is 0 Å². The second kappa shape index (κ2) is 14.7. The molecule has 2 fully saturated rings. The van der Waals surface area contributed by atoms with Gasteiger partial charge in [0.15, 0.2) is 11.6 Å². The first-order valence-corrected chi connectivity index (χ1v) is 18.8. The number of allylic oxidation sites excluding steroid dienone is 4. The van der Waals surface area contributed by atoms with E-state index in [0.29, 0.717) is 6.42 Å². The molecule has 4 atom stereocenters. The summed E-state index contributed by atoms with van der Waals surface area (Å²) in [7, 11) is 0. The Kier molecular flexibility index (Phi) is 12.3. The SMILES string of the molecule is CCCC(C)(C)CC[C@](C)(CCC(=O)OC1CCCCC1)CCC(C)(C)[C@]1(C)CC[C@H]2C(C)(C)C(=O)C(C#N)=C[C@]2(C)/C1=C/C(C)=O. The number of carbonyl (C=O) groups excluding carboxylic acids is 3. The standard InChI is InChI=1S/C42H67NO4/c1-12-20-37(3,4)23-25-40(9,21-19-35(45)47-32-16-14-13-15-17-32)26-24-38(5,6)42(11)22-18-33-39(7,8)36(46)31(29-43)28-41(33,10)34(42)27-30(2)44/h27-28,32-33H,12-26H2,1-11H3/b34-27-/t33-,40-,41-,42+/m0/s1. The lowest BCUT2D eigenvalue weighted by Crippen LogP contribution is -2.55. The number of ketones is 2. The third-order valence-corrected chi connectivity index (χ3v) is 13.4. The highest BCUT2D eigenvalue weighted by molar-refractivity contribution is 6.04. The van der Waals surface area contributed by atoms with Crippen molar-refractivity contribution in [3.63, 3.8) is 0 Å². The number of nitrogens with zero attached hydrogens (tertiary/aromatic N) is 1. The third-order valence-electron chi connectivity index (χ3n) is 13.4. The molecular formula is C42H67NO4. The summed E-state index contributed by atoms with van der Waals surface area (Å²) in [5.41, 5.74) is -0.261. The van der Waals surface area contributed by atoms with E-state index in [2.05, 4.69) is 61.5 Å². The van der Waals surface area contributed by atoms with Crippen LogP contribution in [0.5, 0.6) is 0 Å². The molecule has 0 saturated heterocycles. The van der Waals surface area contributed by atoms with Crippen LogP contribution in [-0.2, 0) is 19.1 Å². The van der Waals surface area contributed by atoms with E-state index in [0.717, 1.165) is 82.6 Å². The second-order valence-corrected chi connectivity index (χ2v) is 18.5. The van der Waals surface area contributed by atoms with E-state index in [1.807, 2.05) is 26.0 Å². The van der Waals surface area contributed by atoms with Crippen molar-refractivity contribution in [3.8, 4) is 6.07 Å². The molecule has 0 unspecified atom stereocenters. The van der Waals surface area contributed by atoms with Crippen molar-refractivity contribution in [1.29, 1.82) is 5.26 Å². The summed E-state index contributed by atoms with van der Waals surface area (Å²) in [6.07, 6.45) is 18.8. The number of Topliss-reactive ketones (excluding diaryl/α,β-unsaturated/α-hetero) is 1. The predicted octanol–water partition coefficient (Wildman–Crippen LogP) is 11.1. The Morgan fingerprint density at radius 3 is 2.13 bits per heavy atom. The summed E-state index contributed by atoms with van der Waals surface area (Å²) in [6.45, 7) is 24.1. The average Bonchev–Trinajstić information content (AvgIpc) is 2.98. The molecule has 0 N–H and O–H groups in total. The van der Waals surface area contributed by atoms with Crippen LogP contribution in [0.3, 0.4) is 0 Å². The van der Waals surface area contributed by atoms with Crippen LogP contribution in [-0.4, -0.2) is 23.6 Å². The van der Waals surface area contributed by atoms with Gasteiger partial charge in [-0.3, -0.25) is 14.4 Å². The van der Waals surface area contributed by atoms with Gasteiger partial charge >= 0.3 is 5.97 Å². The molecule has 0 radical (unpaired) electrons. The van der Waals surface area contributed by atoms with Crippen LogP contribution in [0.25, 0.3) is 0 Å². The number of rotatable bonds is 14. The predicted molar refractivity (Wildman–Crippen MR) is 191 cm³/mol. The van der Waals surface area contributed by atoms with E-state index in [9.17, 15) is 19.6 Å². The average molecular weight is 650 g/mol. The first-order valence-electron chi connectivity index (χ1n) is 18.8. The minimum Gasteiger partial charge on any atom is -0.462 e. The van der Waals surface area contributed by atoms with E-state index in [-0.39, 0.29) is 56.8 Å². The minimum absolute atomic E-state index is 0.00462. The Morgan fingerprint density at radius 2 is 1.55 bits per heavy atom. The molecule has 0 amide bonds. The third kappa shape index (κ3) is 8.69. The summed E-state index contributed by atoms with van der Waals surface area (Å²) < 4.78 is 5.95. The fourth-order valence-corrected chi connectivity index (χ4v) is 9.65. The quantitative estimate of drug-likeness (QED) is 0.138. The first kappa shape index (κ1) is 39.2. The van der Waals surface area contributed by atoms with Crippen molar-refractivity contribution in [2.75, 3.05) is 0 Å². The lowest BCUT2D eigenvalue weighted by molar-refractivity contribution is -0.151. The monoisotopic (exact) mass is 650 g/mol. The molecule has 3 aliphatic rings. The maximum atomic E-state index is 13.4. The lowest BCUT2D eigenvalue weighted by Gasteiger charge is -2.61. The van der Waals surface area contributed by atoms with Gasteiger partial charge < -0.3 is 4.74 Å². The smallest absolute Gasteiger partial charge is 0.306 e. The number of carbonyl (C=O) groups is 3. The van der Waals surface area contributed by atoms with Crippen molar-refractivity contribution in [2.24, 2.45) is 38.4 Å². The fraction of sp³-hybridized carbons (Fsp3) is 0.810. The molecule has 0 aliphatic heterocycles.